The first kappa shape index (κ1) is 20.0. The van der Waals surface area contributed by atoms with E-state index < -0.39 is 5.41 Å². The predicted octanol–water partition coefficient (Wildman–Crippen LogP) is 5.11. The molecule has 0 radical (unpaired) electrons. The molecule has 3 nitrogen and oxygen atoms in total. The number of carbonyl (C=O) groups is 1. The van der Waals surface area contributed by atoms with Crippen molar-refractivity contribution in [2.45, 2.75) is 32.1 Å². The molecule has 3 heteroatoms. The first-order chi connectivity index (χ1) is 15.1. The van der Waals surface area contributed by atoms with Crippen LogP contribution in [0.4, 0.5) is 5.69 Å². The fraction of sp³-hybridized carbons (Fsp3) is 0.321. The molecule has 0 spiro atoms. The second-order valence-corrected chi connectivity index (χ2v) is 9.13. The van der Waals surface area contributed by atoms with E-state index in [9.17, 15) is 4.79 Å². The van der Waals surface area contributed by atoms with E-state index in [1.807, 2.05) is 18.2 Å². The largest absolute Gasteiger partial charge is 0.325 e. The van der Waals surface area contributed by atoms with Crippen LogP contribution in [0.2, 0.25) is 0 Å². The van der Waals surface area contributed by atoms with Crippen LogP contribution >= 0.6 is 0 Å². The fourth-order valence-electron chi connectivity index (χ4n) is 5.54. The molecule has 1 amide bonds. The number of amides is 1. The highest BCUT2D eigenvalue weighted by Gasteiger charge is 2.54. The summed E-state index contributed by atoms with van der Waals surface area (Å²) >= 11 is 0. The van der Waals surface area contributed by atoms with Gasteiger partial charge in [-0.05, 0) is 73.0 Å². The number of benzene rings is 3. The zero-order chi connectivity index (χ0) is 21.4. The SMILES string of the molecule is Cc1ccc(CCN2CC[C@@H](C3(c4ccccc4)C(=O)Nc4ccccc43)C2)cc1C. The van der Waals surface area contributed by atoms with E-state index in [4.69, 9.17) is 0 Å². The van der Waals surface area contributed by atoms with Gasteiger partial charge in [-0.3, -0.25) is 4.79 Å². The van der Waals surface area contributed by atoms with Crippen LogP contribution in [0.15, 0.2) is 72.8 Å². The van der Waals surface area contributed by atoms with Crippen LogP contribution in [-0.2, 0) is 16.6 Å². The molecule has 3 aromatic rings. The van der Waals surface area contributed by atoms with E-state index in [1.54, 1.807) is 0 Å². The average molecular weight is 411 g/mol. The minimum Gasteiger partial charge on any atom is -0.325 e. The maximum absolute atomic E-state index is 13.6. The Bertz CT molecular complexity index is 1110. The summed E-state index contributed by atoms with van der Waals surface area (Å²) < 4.78 is 0. The van der Waals surface area contributed by atoms with Crippen molar-refractivity contribution in [2.75, 3.05) is 25.0 Å². The zero-order valence-corrected chi connectivity index (χ0v) is 18.4. The van der Waals surface area contributed by atoms with Crippen molar-refractivity contribution < 1.29 is 4.79 Å². The minimum atomic E-state index is -0.604. The third-order valence-corrected chi connectivity index (χ3v) is 7.36. The van der Waals surface area contributed by atoms with Gasteiger partial charge < -0.3 is 10.2 Å². The molecule has 5 rings (SSSR count). The number of anilines is 1. The Kier molecular flexibility index (Phi) is 5.15. The molecule has 31 heavy (non-hydrogen) atoms. The molecular weight excluding hydrogens is 380 g/mol. The van der Waals surface area contributed by atoms with E-state index >= 15 is 0 Å². The molecule has 0 bridgehead atoms. The maximum Gasteiger partial charge on any atom is 0.239 e. The Morgan fingerprint density at radius 3 is 2.55 bits per heavy atom. The van der Waals surface area contributed by atoms with E-state index in [0.717, 1.165) is 49.3 Å². The summed E-state index contributed by atoms with van der Waals surface area (Å²) in [6.45, 7) is 7.37. The van der Waals surface area contributed by atoms with Gasteiger partial charge in [0.2, 0.25) is 5.91 Å². The lowest BCUT2D eigenvalue weighted by Gasteiger charge is -2.34. The van der Waals surface area contributed by atoms with Crippen LogP contribution < -0.4 is 5.32 Å². The molecule has 2 atom stereocenters. The number of rotatable bonds is 5. The van der Waals surface area contributed by atoms with Crippen molar-refractivity contribution in [3.63, 3.8) is 0 Å². The highest BCUT2D eigenvalue weighted by atomic mass is 16.2. The van der Waals surface area contributed by atoms with Gasteiger partial charge in [-0.25, -0.2) is 0 Å². The Morgan fingerprint density at radius 2 is 1.74 bits per heavy atom. The first-order valence-corrected chi connectivity index (χ1v) is 11.3. The molecule has 0 aliphatic carbocycles. The summed E-state index contributed by atoms with van der Waals surface area (Å²) in [7, 11) is 0. The molecule has 2 heterocycles. The highest BCUT2D eigenvalue weighted by molar-refractivity contribution is 6.09. The average Bonchev–Trinajstić information content (AvgIpc) is 3.37. The topological polar surface area (TPSA) is 32.3 Å². The van der Waals surface area contributed by atoms with Gasteiger partial charge in [0.15, 0.2) is 0 Å². The monoisotopic (exact) mass is 410 g/mol. The van der Waals surface area contributed by atoms with Gasteiger partial charge in [0, 0.05) is 18.8 Å². The van der Waals surface area contributed by atoms with Gasteiger partial charge in [-0.2, -0.15) is 0 Å². The predicted molar refractivity (Wildman–Crippen MR) is 126 cm³/mol. The van der Waals surface area contributed by atoms with Gasteiger partial charge >= 0.3 is 0 Å². The zero-order valence-electron chi connectivity index (χ0n) is 18.4. The van der Waals surface area contributed by atoms with Crippen molar-refractivity contribution in [2.24, 2.45) is 5.92 Å². The summed E-state index contributed by atoms with van der Waals surface area (Å²) in [5.41, 5.74) is 6.70. The summed E-state index contributed by atoms with van der Waals surface area (Å²) in [6.07, 6.45) is 2.08. The fourth-order valence-corrected chi connectivity index (χ4v) is 5.54. The van der Waals surface area contributed by atoms with Gasteiger partial charge in [-0.15, -0.1) is 0 Å². The molecule has 1 fully saturated rings. The minimum absolute atomic E-state index is 0.126. The summed E-state index contributed by atoms with van der Waals surface area (Å²) in [6, 6.07) is 25.4. The van der Waals surface area contributed by atoms with Crippen LogP contribution in [0, 0.1) is 19.8 Å². The number of hydrogen-bond donors (Lipinski definition) is 1. The van der Waals surface area contributed by atoms with Gasteiger partial charge in [0.1, 0.15) is 5.41 Å². The second-order valence-electron chi connectivity index (χ2n) is 9.13. The van der Waals surface area contributed by atoms with Crippen LogP contribution in [0.3, 0.4) is 0 Å². The molecule has 3 aromatic carbocycles. The van der Waals surface area contributed by atoms with E-state index in [2.05, 4.69) is 78.7 Å². The number of nitrogens with zero attached hydrogens (tertiary/aromatic N) is 1. The lowest BCUT2D eigenvalue weighted by Crippen LogP contribution is -2.44. The van der Waals surface area contributed by atoms with E-state index in [-0.39, 0.29) is 11.8 Å². The Hall–Kier alpha value is -2.91. The number of hydrogen-bond acceptors (Lipinski definition) is 2. The normalized spacial score (nSPS) is 23.0. The molecular formula is C28H30N2O. The highest BCUT2D eigenvalue weighted by Crippen LogP contribution is 2.50. The van der Waals surface area contributed by atoms with Gasteiger partial charge in [0.05, 0.1) is 0 Å². The van der Waals surface area contributed by atoms with Crippen molar-refractivity contribution in [3.8, 4) is 0 Å². The number of fused-ring (bicyclic) bond motifs is 1. The van der Waals surface area contributed by atoms with Gasteiger partial charge in [-0.1, -0.05) is 66.7 Å². The lowest BCUT2D eigenvalue weighted by atomic mass is 9.66. The molecule has 1 saturated heterocycles. The Labute approximate surface area is 185 Å². The van der Waals surface area contributed by atoms with Crippen molar-refractivity contribution in [3.05, 3.63) is 101 Å². The van der Waals surface area contributed by atoms with Crippen molar-refractivity contribution in [1.29, 1.82) is 0 Å². The summed E-state index contributed by atoms with van der Waals surface area (Å²) in [5.74, 6) is 0.388. The van der Waals surface area contributed by atoms with Crippen LogP contribution in [0.25, 0.3) is 0 Å². The van der Waals surface area contributed by atoms with Crippen molar-refractivity contribution >= 4 is 11.6 Å². The third-order valence-electron chi connectivity index (χ3n) is 7.36. The molecule has 0 saturated carbocycles. The summed E-state index contributed by atoms with van der Waals surface area (Å²) in [5, 5.41) is 3.19. The summed E-state index contributed by atoms with van der Waals surface area (Å²) in [4.78, 5) is 16.1. The molecule has 158 valence electrons. The van der Waals surface area contributed by atoms with Crippen LogP contribution in [0.5, 0.6) is 0 Å². The number of nitrogens with one attached hydrogen (secondary N) is 1. The van der Waals surface area contributed by atoms with Crippen LogP contribution in [0.1, 0.15) is 34.2 Å². The number of likely N-dealkylation sites (tertiary alicyclic amines) is 1. The molecule has 0 aromatic heterocycles. The number of aryl methyl sites for hydroxylation is 2. The maximum atomic E-state index is 13.6. The van der Waals surface area contributed by atoms with Gasteiger partial charge in [0.25, 0.3) is 0 Å². The van der Waals surface area contributed by atoms with Crippen LogP contribution in [-0.4, -0.2) is 30.4 Å². The van der Waals surface area contributed by atoms with Crippen molar-refractivity contribution in [1.82, 2.24) is 4.90 Å². The standard InChI is InChI=1S/C28H30N2O/c1-20-12-13-22(18-21(20)2)14-16-30-17-15-24(19-30)28(23-8-4-3-5-9-23)25-10-6-7-11-26(25)29-27(28)31/h3-13,18,24H,14-17,19H2,1-2H3,(H,29,31)/t24-,28?/m1/s1. The quantitative estimate of drug-likeness (QED) is 0.634. The Morgan fingerprint density at radius 1 is 0.968 bits per heavy atom. The van der Waals surface area contributed by atoms with E-state index in [0.29, 0.717) is 0 Å². The smallest absolute Gasteiger partial charge is 0.239 e. The Balaban J connectivity index is 1.42. The first-order valence-electron chi connectivity index (χ1n) is 11.3. The second kappa shape index (κ2) is 7.97. The molecule has 1 unspecified atom stereocenters. The molecule has 2 aliphatic rings. The number of para-hydroxylation sites is 1. The third kappa shape index (κ3) is 3.37. The lowest BCUT2D eigenvalue weighted by molar-refractivity contribution is -0.121. The van der Waals surface area contributed by atoms with E-state index in [1.165, 1.54) is 16.7 Å². The molecule has 2 aliphatic heterocycles. The number of carbonyl (C=O) groups excluding carboxylic acids is 1. The molecule has 1 N–H and O–H groups in total.